The van der Waals surface area contributed by atoms with E-state index in [2.05, 4.69) is 17.2 Å². The molecular weight excluding hydrogens is 283 g/mol. The van der Waals surface area contributed by atoms with Crippen molar-refractivity contribution in [3.8, 4) is 0 Å². The lowest BCUT2D eigenvalue weighted by Gasteiger charge is -2.19. The van der Waals surface area contributed by atoms with Crippen LogP contribution in [0.3, 0.4) is 0 Å². The van der Waals surface area contributed by atoms with Crippen molar-refractivity contribution in [2.75, 3.05) is 6.54 Å². The third-order valence-electron chi connectivity index (χ3n) is 3.59. The first-order chi connectivity index (χ1) is 10.3. The van der Waals surface area contributed by atoms with Gasteiger partial charge in [-0.3, -0.25) is 0 Å². The molecule has 21 heavy (non-hydrogen) atoms. The minimum atomic E-state index is -0.168. The summed E-state index contributed by atoms with van der Waals surface area (Å²) in [7, 11) is 0. The third kappa shape index (κ3) is 2.96. The number of fused-ring (bicyclic) bond motifs is 1. The van der Waals surface area contributed by atoms with Crippen LogP contribution in [-0.4, -0.2) is 11.5 Å². The molecule has 1 unspecified atom stereocenters. The molecular formula is C17H17FN2S. The molecule has 1 N–H and O–H groups in total. The molecule has 108 valence electrons. The SMILES string of the molecule is CCNC(Cc1nccs1)c1ccc(F)c2ccccc12. The zero-order valence-corrected chi connectivity index (χ0v) is 12.7. The van der Waals surface area contributed by atoms with Crippen molar-refractivity contribution >= 4 is 22.1 Å². The average molecular weight is 300 g/mol. The van der Waals surface area contributed by atoms with Crippen LogP contribution in [0.2, 0.25) is 0 Å². The maximum absolute atomic E-state index is 14.0. The van der Waals surface area contributed by atoms with E-state index in [1.54, 1.807) is 17.4 Å². The van der Waals surface area contributed by atoms with Gasteiger partial charge in [-0.05, 0) is 23.6 Å². The standard InChI is InChI=1S/C17H17FN2S/c1-2-19-16(11-17-20-9-10-21-17)14-7-8-15(18)13-6-4-3-5-12(13)14/h3-10,16,19H,2,11H2,1H3. The van der Waals surface area contributed by atoms with Gasteiger partial charge in [0.15, 0.2) is 0 Å². The van der Waals surface area contributed by atoms with Gasteiger partial charge in [-0.25, -0.2) is 9.37 Å². The fraction of sp³-hybridized carbons (Fsp3) is 0.235. The number of benzene rings is 2. The van der Waals surface area contributed by atoms with E-state index in [1.165, 1.54) is 0 Å². The van der Waals surface area contributed by atoms with E-state index in [-0.39, 0.29) is 11.9 Å². The number of thiazole rings is 1. The lowest BCUT2D eigenvalue weighted by molar-refractivity contribution is 0.551. The van der Waals surface area contributed by atoms with Crippen molar-refractivity contribution in [3.05, 3.63) is 64.4 Å². The summed E-state index contributed by atoms with van der Waals surface area (Å²) >= 11 is 1.66. The summed E-state index contributed by atoms with van der Waals surface area (Å²) in [5, 5.41) is 8.22. The summed E-state index contributed by atoms with van der Waals surface area (Å²) in [4.78, 5) is 4.37. The molecule has 0 fully saturated rings. The summed E-state index contributed by atoms with van der Waals surface area (Å²) in [5.74, 6) is -0.168. The van der Waals surface area contributed by atoms with Gasteiger partial charge in [0.05, 0.1) is 5.01 Å². The number of nitrogens with zero attached hydrogens (tertiary/aromatic N) is 1. The normalized spacial score (nSPS) is 12.7. The Morgan fingerprint density at radius 2 is 2.00 bits per heavy atom. The molecule has 1 atom stereocenters. The smallest absolute Gasteiger partial charge is 0.131 e. The Hall–Kier alpha value is -1.78. The minimum absolute atomic E-state index is 0.145. The first-order valence-electron chi connectivity index (χ1n) is 7.08. The zero-order chi connectivity index (χ0) is 14.7. The van der Waals surface area contributed by atoms with E-state index in [0.717, 1.165) is 28.9 Å². The first-order valence-corrected chi connectivity index (χ1v) is 7.96. The summed E-state index contributed by atoms with van der Waals surface area (Å²) in [6, 6.07) is 11.2. The Kier molecular flexibility index (Phi) is 4.27. The largest absolute Gasteiger partial charge is 0.310 e. The fourth-order valence-electron chi connectivity index (χ4n) is 2.66. The van der Waals surface area contributed by atoms with Gasteiger partial charge in [0.1, 0.15) is 5.82 Å². The van der Waals surface area contributed by atoms with Crippen LogP contribution in [0.4, 0.5) is 4.39 Å². The van der Waals surface area contributed by atoms with Crippen molar-refractivity contribution in [1.82, 2.24) is 10.3 Å². The maximum Gasteiger partial charge on any atom is 0.131 e. The number of likely N-dealkylation sites (N-methyl/N-ethyl adjacent to an activating group) is 1. The second kappa shape index (κ2) is 6.33. The zero-order valence-electron chi connectivity index (χ0n) is 11.8. The summed E-state index contributed by atoms with van der Waals surface area (Å²) in [6.07, 6.45) is 2.65. The van der Waals surface area contributed by atoms with Crippen molar-refractivity contribution in [2.45, 2.75) is 19.4 Å². The molecule has 3 rings (SSSR count). The second-order valence-corrected chi connectivity index (χ2v) is 5.90. The number of halogens is 1. The average Bonchev–Trinajstić information content (AvgIpc) is 3.01. The summed E-state index contributed by atoms with van der Waals surface area (Å²) in [6.45, 7) is 2.95. The lowest BCUT2D eigenvalue weighted by atomic mass is 9.96. The van der Waals surface area contributed by atoms with Crippen molar-refractivity contribution in [2.24, 2.45) is 0 Å². The van der Waals surface area contributed by atoms with E-state index < -0.39 is 0 Å². The summed E-state index contributed by atoms with van der Waals surface area (Å²) < 4.78 is 14.0. The van der Waals surface area contributed by atoms with Gasteiger partial charge in [0, 0.05) is 29.4 Å². The molecule has 4 heteroatoms. The van der Waals surface area contributed by atoms with Gasteiger partial charge >= 0.3 is 0 Å². The van der Waals surface area contributed by atoms with E-state index in [9.17, 15) is 4.39 Å². The fourth-order valence-corrected chi connectivity index (χ4v) is 3.32. The molecule has 0 amide bonds. The Labute approximate surface area is 127 Å². The van der Waals surface area contributed by atoms with E-state index in [4.69, 9.17) is 0 Å². The van der Waals surface area contributed by atoms with Gasteiger partial charge in [0.25, 0.3) is 0 Å². The minimum Gasteiger partial charge on any atom is -0.310 e. The molecule has 0 bridgehead atoms. The monoisotopic (exact) mass is 300 g/mol. The van der Waals surface area contributed by atoms with Crippen LogP contribution in [0.1, 0.15) is 23.5 Å². The molecule has 1 aromatic heterocycles. The lowest BCUT2D eigenvalue weighted by Crippen LogP contribution is -2.23. The van der Waals surface area contributed by atoms with Gasteiger partial charge in [0.2, 0.25) is 0 Å². The predicted octanol–water partition coefficient (Wildman–Crippen LogP) is 4.33. The van der Waals surface area contributed by atoms with Crippen molar-refractivity contribution in [1.29, 1.82) is 0 Å². The first kappa shape index (κ1) is 14.2. The molecule has 2 nitrogen and oxygen atoms in total. The highest BCUT2D eigenvalue weighted by molar-refractivity contribution is 7.09. The van der Waals surface area contributed by atoms with Crippen LogP contribution in [-0.2, 0) is 6.42 Å². The number of nitrogens with one attached hydrogen (secondary N) is 1. The number of rotatable bonds is 5. The molecule has 2 aromatic carbocycles. The predicted molar refractivity (Wildman–Crippen MR) is 86.1 cm³/mol. The molecule has 0 aliphatic rings. The van der Waals surface area contributed by atoms with E-state index in [1.807, 2.05) is 41.9 Å². The van der Waals surface area contributed by atoms with Crippen LogP contribution in [0.5, 0.6) is 0 Å². The molecule has 0 spiro atoms. The number of aromatic nitrogens is 1. The van der Waals surface area contributed by atoms with Crippen molar-refractivity contribution < 1.29 is 4.39 Å². The van der Waals surface area contributed by atoms with Gasteiger partial charge in [-0.2, -0.15) is 0 Å². The van der Waals surface area contributed by atoms with Crippen LogP contribution < -0.4 is 5.32 Å². The number of hydrogen-bond acceptors (Lipinski definition) is 3. The third-order valence-corrected chi connectivity index (χ3v) is 4.39. The molecule has 3 aromatic rings. The van der Waals surface area contributed by atoms with Crippen LogP contribution in [0, 0.1) is 5.82 Å². The maximum atomic E-state index is 14.0. The van der Waals surface area contributed by atoms with Gasteiger partial charge < -0.3 is 5.32 Å². The second-order valence-electron chi connectivity index (χ2n) is 4.92. The Morgan fingerprint density at radius 3 is 2.71 bits per heavy atom. The Balaban J connectivity index is 2.05. The van der Waals surface area contributed by atoms with Gasteiger partial charge in [-0.1, -0.05) is 37.3 Å². The quantitative estimate of drug-likeness (QED) is 0.758. The van der Waals surface area contributed by atoms with E-state index in [0.29, 0.717) is 5.39 Å². The van der Waals surface area contributed by atoms with Crippen LogP contribution >= 0.6 is 11.3 Å². The highest BCUT2D eigenvalue weighted by Gasteiger charge is 2.16. The van der Waals surface area contributed by atoms with Crippen LogP contribution in [0.25, 0.3) is 10.8 Å². The summed E-state index contributed by atoms with van der Waals surface area (Å²) in [5.41, 5.74) is 1.13. The highest BCUT2D eigenvalue weighted by atomic mass is 32.1. The highest BCUT2D eigenvalue weighted by Crippen LogP contribution is 2.28. The molecule has 1 heterocycles. The topological polar surface area (TPSA) is 24.9 Å². The Bertz CT molecular complexity index is 725. The Morgan fingerprint density at radius 1 is 1.19 bits per heavy atom. The molecule has 0 saturated heterocycles. The van der Waals surface area contributed by atoms with Crippen LogP contribution in [0.15, 0.2) is 48.0 Å². The number of hydrogen-bond donors (Lipinski definition) is 1. The van der Waals surface area contributed by atoms with Gasteiger partial charge in [-0.15, -0.1) is 11.3 Å². The molecule has 0 saturated carbocycles. The van der Waals surface area contributed by atoms with E-state index >= 15 is 0 Å². The molecule has 0 aliphatic carbocycles. The molecule has 0 radical (unpaired) electrons. The van der Waals surface area contributed by atoms with Crippen molar-refractivity contribution in [3.63, 3.8) is 0 Å². The molecule has 0 aliphatic heterocycles.